The smallest absolute Gasteiger partial charge is 0.220 e. The van der Waals surface area contributed by atoms with Gasteiger partial charge in [-0.25, -0.2) is 0 Å². The van der Waals surface area contributed by atoms with Crippen molar-refractivity contribution in [3.8, 4) is 5.75 Å². The van der Waals surface area contributed by atoms with Gasteiger partial charge in [-0.3, -0.25) is 4.79 Å². The molecule has 0 heterocycles. The summed E-state index contributed by atoms with van der Waals surface area (Å²) in [5, 5.41) is 2.77. The number of hydrogen-bond acceptors (Lipinski definition) is 4. The molecule has 0 saturated heterocycles. The largest absolute Gasteiger partial charge is 0.494 e. The minimum atomic E-state index is 0.0736. The highest BCUT2D eigenvalue weighted by Crippen LogP contribution is 2.29. The average Bonchev–Trinajstić information content (AvgIpc) is 2.34. The van der Waals surface area contributed by atoms with Crippen LogP contribution in [-0.4, -0.2) is 24.8 Å². The SMILES string of the molecule is CCNC(=O)CCSc1cc(OCC)ccc1N. The molecule has 1 amide bonds. The molecule has 1 rings (SSSR count). The Morgan fingerprint density at radius 2 is 2.22 bits per heavy atom. The molecular formula is C13H20N2O2S. The predicted octanol–water partition coefficient (Wildman–Crippen LogP) is 2.29. The lowest BCUT2D eigenvalue weighted by Gasteiger charge is -2.09. The van der Waals surface area contributed by atoms with E-state index >= 15 is 0 Å². The van der Waals surface area contributed by atoms with E-state index in [2.05, 4.69) is 5.32 Å². The molecule has 0 atom stereocenters. The first-order chi connectivity index (χ1) is 8.67. The van der Waals surface area contributed by atoms with Crippen LogP contribution in [0.15, 0.2) is 23.1 Å². The zero-order valence-electron chi connectivity index (χ0n) is 10.9. The van der Waals surface area contributed by atoms with Gasteiger partial charge < -0.3 is 15.8 Å². The number of thioether (sulfide) groups is 1. The lowest BCUT2D eigenvalue weighted by Crippen LogP contribution is -2.22. The number of anilines is 1. The van der Waals surface area contributed by atoms with Gasteiger partial charge in [0.05, 0.1) is 6.61 Å². The van der Waals surface area contributed by atoms with Crippen LogP contribution in [0.3, 0.4) is 0 Å². The molecule has 4 nitrogen and oxygen atoms in total. The summed E-state index contributed by atoms with van der Waals surface area (Å²) in [5.74, 6) is 1.60. The predicted molar refractivity (Wildman–Crippen MR) is 76.0 cm³/mol. The maximum absolute atomic E-state index is 11.3. The first-order valence-corrected chi connectivity index (χ1v) is 7.07. The van der Waals surface area contributed by atoms with Crippen LogP contribution < -0.4 is 15.8 Å². The number of rotatable bonds is 7. The second-order valence-corrected chi connectivity index (χ2v) is 4.82. The van der Waals surface area contributed by atoms with E-state index in [-0.39, 0.29) is 5.91 Å². The first-order valence-electron chi connectivity index (χ1n) is 6.09. The molecule has 0 bridgehead atoms. The van der Waals surface area contributed by atoms with Crippen molar-refractivity contribution in [1.82, 2.24) is 5.32 Å². The van der Waals surface area contributed by atoms with Gasteiger partial charge >= 0.3 is 0 Å². The van der Waals surface area contributed by atoms with Gasteiger partial charge in [0, 0.05) is 29.3 Å². The number of hydrogen-bond donors (Lipinski definition) is 2. The molecule has 0 radical (unpaired) electrons. The lowest BCUT2D eigenvalue weighted by atomic mass is 10.3. The number of amides is 1. The standard InChI is InChI=1S/C13H20N2O2S/c1-3-15-13(16)7-8-18-12-9-10(17-4-2)5-6-11(12)14/h5-6,9H,3-4,7-8,14H2,1-2H3,(H,15,16). The fraction of sp³-hybridized carbons (Fsp3) is 0.462. The van der Waals surface area contributed by atoms with Crippen LogP contribution in [0.2, 0.25) is 0 Å². The molecule has 0 unspecified atom stereocenters. The summed E-state index contributed by atoms with van der Waals surface area (Å²) in [7, 11) is 0. The highest BCUT2D eigenvalue weighted by atomic mass is 32.2. The second-order valence-electron chi connectivity index (χ2n) is 3.68. The molecule has 0 fully saturated rings. The third kappa shape index (κ3) is 4.87. The Kier molecular flexibility index (Phi) is 6.43. The zero-order chi connectivity index (χ0) is 13.4. The van der Waals surface area contributed by atoms with Crippen molar-refractivity contribution in [2.45, 2.75) is 25.2 Å². The summed E-state index contributed by atoms with van der Waals surface area (Å²) in [6, 6.07) is 5.60. The van der Waals surface area contributed by atoms with Crippen molar-refractivity contribution in [3.63, 3.8) is 0 Å². The molecule has 0 spiro atoms. The van der Waals surface area contributed by atoms with Crippen LogP contribution in [0, 0.1) is 0 Å². The van der Waals surface area contributed by atoms with Gasteiger partial charge in [0.15, 0.2) is 0 Å². The van der Waals surface area contributed by atoms with Crippen LogP contribution in [0.5, 0.6) is 5.75 Å². The fourth-order valence-corrected chi connectivity index (χ4v) is 2.38. The molecule has 5 heteroatoms. The van der Waals surface area contributed by atoms with Crippen molar-refractivity contribution in [2.75, 3.05) is 24.6 Å². The summed E-state index contributed by atoms with van der Waals surface area (Å²) < 4.78 is 5.42. The van der Waals surface area contributed by atoms with E-state index in [1.54, 1.807) is 11.8 Å². The fourth-order valence-electron chi connectivity index (χ4n) is 1.44. The van der Waals surface area contributed by atoms with Gasteiger partial charge in [-0.1, -0.05) is 0 Å². The van der Waals surface area contributed by atoms with E-state index in [9.17, 15) is 4.79 Å². The third-order valence-corrected chi connectivity index (χ3v) is 3.33. The monoisotopic (exact) mass is 268 g/mol. The number of carbonyl (C=O) groups excluding carboxylic acids is 1. The first kappa shape index (κ1) is 14.7. The summed E-state index contributed by atoms with van der Waals surface area (Å²) in [6.07, 6.45) is 0.497. The van der Waals surface area contributed by atoms with Gasteiger partial charge in [0.1, 0.15) is 5.75 Å². The Bertz CT molecular complexity index is 397. The normalized spacial score (nSPS) is 10.1. The number of nitrogens with two attached hydrogens (primary N) is 1. The van der Waals surface area contributed by atoms with E-state index < -0.39 is 0 Å². The van der Waals surface area contributed by atoms with Gasteiger partial charge in [0.2, 0.25) is 5.91 Å². The maximum atomic E-state index is 11.3. The molecule has 0 saturated carbocycles. The van der Waals surface area contributed by atoms with E-state index in [1.165, 1.54) is 0 Å². The average molecular weight is 268 g/mol. The Labute approximate surface area is 112 Å². The van der Waals surface area contributed by atoms with Crippen molar-refractivity contribution in [1.29, 1.82) is 0 Å². The van der Waals surface area contributed by atoms with Gasteiger partial charge in [-0.2, -0.15) is 0 Å². The Morgan fingerprint density at radius 1 is 1.44 bits per heavy atom. The molecule has 0 aliphatic heterocycles. The van der Waals surface area contributed by atoms with Crippen LogP contribution in [0.25, 0.3) is 0 Å². The van der Waals surface area contributed by atoms with E-state index in [0.29, 0.717) is 25.3 Å². The maximum Gasteiger partial charge on any atom is 0.220 e. The van der Waals surface area contributed by atoms with Crippen LogP contribution in [0.4, 0.5) is 5.69 Å². The van der Waals surface area contributed by atoms with E-state index in [4.69, 9.17) is 10.5 Å². The number of carbonyl (C=O) groups is 1. The van der Waals surface area contributed by atoms with Gasteiger partial charge in [-0.05, 0) is 32.0 Å². The number of nitrogen functional groups attached to an aromatic ring is 1. The molecule has 3 N–H and O–H groups in total. The minimum absolute atomic E-state index is 0.0736. The van der Waals surface area contributed by atoms with Crippen LogP contribution in [-0.2, 0) is 4.79 Å². The molecule has 18 heavy (non-hydrogen) atoms. The molecule has 0 aromatic heterocycles. The minimum Gasteiger partial charge on any atom is -0.494 e. The Balaban J connectivity index is 2.50. The summed E-state index contributed by atoms with van der Waals surface area (Å²) in [6.45, 7) is 5.16. The van der Waals surface area contributed by atoms with E-state index in [1.807, 2.05) is 32.0 Å². The van der Waals surface area contributed by atoms with E-state index in [0.717, 1.165) is 16.3 Å². The van der Waals surface area contributed by atoms with Gasteiger partial charge in [0.25, 0.3) is 0 Å². The van der Waals surface area contributed by atoms with Gasteiger partial charge in [-0.15, -0.1) is 11.8 Å². The molecule has 1 aromatic carbocycles. The molecule has 100 valence electrons. The summed E-state index contributed by atoms with van der Waals surface area (Å²) in [4.78, 5) is 12.3. The topological polar surface area (TPSA) is 64.3 Å². The zero-order valence-corrected chi connectivity index (χ0v) is 11.7. The second kappa shape index (κ2) is 7.87. The number of ether oxygens (including phenoxy) is 1. The molecular weight excluding hydrogens is 248 g/mol. The molecule has 0 aliphatic rings. The number of nitrogens with one attached hydrogen (secondary N) is 1. The highest BCUT2D eigenvalue weighted by molar-refractivity contribution is 7.99. The highest BCUT2D eigenvalue weighted by Gasteiger charge is 2.05. The molecule has 0 aliphatic carbocycles. The Hall–Kier alpha value is -1.36. The van der Waals surface area contributed by atoms with Crippen LogP contribution in [0.1, 0.15) is 20.3 Å². The Morgan fingerprint density at radius 3 is 2.89 bits per heavy atom. The van der Waals surface area contributed by atoms with Crippen molar-refractivity contribution in [2.24, 2.45) is 0 Å². The number of benzene rings is 1. The van der Waals surface area contributed by atoms with Crippen molar-refractivity contribution < 1.29 is 9.53 Å². The van der Waals surface area contributed by atoms with Crippen LogP contribution >= 0.6 is 11.8 Å². The quantitative estimate of drug-likeness (QED) is 0.588. The summed E-state index contributed by atoms with van der Waals surface area (Å²) in [5.41, 5.74) is 6.61. The molecule has 1 aromatic rings. The van der Waals surface area contributed by atoms with Crippen molar-refractivity contribution >= 4 is 23.4 Å². The third-order valence-electron chi connectivity index (χ3n) is 2.26. The lowest BCUT2D eigenvalue weighted by molar-refractivity contribution is -0.120. The van der Waals surface area contributed by atoms with Crippen molar-refractivity contribution in [3.05, 3.63) is 18.2 Å². The summed E-state index contributed by atoms with van der Waals surface area (Å²) >= 11 is 1.58.